The van der Waals surface area contributed by atoms with Gasteiger partial charge < -0.3 is 5.32 Å². The summed E-state index contributed by atoms with van der Waals surface area (Å²) in [7, 11) is 0. The summed E-state index contributed by atoms with van der Waals surface area (Å²) >= 11 is 5.85. The van der Waals surface area contributed by atoms with Gasteiger partial charge in [-0.15, -0.1) is 0 Å². The second-order valence-corrected chi connectivity index (χ2v) is 5.23. The molecule has 0 bridgehead atoms. The average Bonchev–Trinajstić information content (AvgIpc) is 2.94. The Morgan fingerprint density at radius 2 is 2.05 bits per heavy atom. The first kappa shape index (κ1) is 14.5. The van der Waals surface area contributed by atoms with E-state index < -0.39 is 0 Å². The standard InChI is InChI=1S/C14H17ClN4O/c1-10(7-12-3-5-13(15)6-4-12)18-14(20)11(2)19-9-16-8-17-19/h3-6,8-11H,7H2,1-2H3,(H,18,20). The first-order chi connectivity index (χ1) is 9.56. The number of hydrogen-bond acceptors (Lipinski definition) is 3. The van der Waals surface area contributed by atoms with Crippen LogP contribution in [0.4, 0.5) is 0 Å². The Morgan fingerprint density at radius 3 is 2.65 bits per heavy atom. The Balaban J connectivity index is 1.89. The third kappa shape index (κ3) is 3.81. The monoisotopic (exact) mass is 292 g/mol. The highest BCUT2D eigenvalue weighted by Gasteiger charge is 2.17. The minimum Gasteiger partial charge on any atom is -0.351 e. The zero-order valence-electron chi connectivity index (χ0n) is 11.5. The highest BCUT2D eigenvalue weighted by atomic mass is 35.5. The van der Waals surface area contributed by atoms with Crippen molar-refractivity contribution in [2.75, 3.05) is 0 Å². The molecule has 1 aromatic carbocycles. The summed E-state index contributed by atoms with van der Waals surface area (Å²) in [6.45, 7) is 3.76. The van der Waals surface area contributed by atoms with Crippen molar-refractivity contribution in [3.05, 3.63) is 47.5 Å². The van der Waals surface area contributed by atoms with Gasteiger partial charge in [-0.05, 0) is 38.0 Å². The van der Waals surface area contributed by atoms with Crippen LogP contribution < -0.4 is 5.32 Å². The van der Waals surface area contributed by atoms with Crippen molar-refractivity contribution in [2.45, 2.75) is 32.4 Å². The summed E-state index contributed by atoms with van der Waals surface area (Å²) in [5, 5.41) is 7.65. The van der Waals surface area contributed by atoms with E-state index in [0.29, 0.717) is 5.02 Å². The molecule has 1 aromatic heterocycles. The largest absolute Gasteiger partial charge is 0.351 e. The third-order valence-corrected chi connectivity index (χ3v) is 3.31. The molecule has 0 saturated heterocycles. The van der Waals surface area contributed by atoms with E-state index in [1.165, 1.54) is 17.3 Å². The van der Waals surface area contributed by atoms with E-state index in [1.807, 2.05) is 31.2 Å². The zero-order valence-corrected chi connectivity index (χ0v) is 12.2. The Morgan fingerprint density at radius 1 is 1.35 bits per heavy atom. The van der Waals surface area contributed by atoms with Crippen molar-refractivity contribution in [3.63, 3.8) is 0 Å². The van der Waals surface area contributed by atoms with Crippen LogP contribution in [0.5, 0.6) is 0 Å². The van der Waals surface area contributed by atoms with Crippen molar-refractivity contribution < 1.29 is 4.79 Å². The predicted octanol–water partition coefficient (Wildman–Crippen LogP) is 2.24. The maximum Gasteiger partial charge on any atom is 0.244 e. The van der Waals surface area contributed by atoms with Crippen LogP contribution in [-0.2, 0) is 11.2 Å². The van der Waals surface area contributed by atoms with E-state index in [0.717, 1.165) is 12.0 Å². The summed E-state index contributed by atoms with van der Waals surface area (Å²) in [5.41, 5.74) is 1.13. The number of aromatic nitrogens is 3. The molecule has 0 aliphatic rings. The number of rotatable bonds is 5. The maximum absolute atomic E-state index is 12.1. The summed E-state index contributed by atoms with van der Waals surface area (Å²) < 4.78 is 1.53. The van der Waals surface area contributed by atoms with Crippen molar-refractivity contribution in [1.29, 1.82) is 0 Å². The van der Waals surface area contributed by atoms with Gasteiger partial charge in [-0.1, -0.05) is 23.7 Å². The number of benzene rings is 1. The lowest BCUT2D eigenvalue weighted by atomic mass is 10.1. The van der Waals surface area contributed by atoms with Crippen LogP contribution in [0.3, 0.4) is 0 Å². The van der Waals surface area contributed by atoms with E-state index >= 15 is 0 Å². The van der Waals surface area contributed by atoms with E-state index in [2.05, 4.69) is 15.4 Å². The number of nitrogens with zero attached hydrogens (tertiary/aromatic N) is 3. The second kappa shape index (κ2) is 6.52. The Bertz CT molecular complexity index is 553. The average molecular weight is 293 g/mol. The van der Waals surface area contributed by atoms with Crippen LogP contribution in [0.1, 0.15) is 25.5 Å². The molecule has 0 saturated carbocycles. The molecule has 1 heterocycles. The maximum atomic E-state index is 12.1. The molecule has 1 N–H and O–H groups in total. The third-order valence-electron chi connectivity index (χ3n) is 3.06. The van der Waals surface area contributed by atoms with Crippen molar-refractivity contribution in [1.82, 2.24) is 20.1 Å². The summed E-state index contributed by atoms with van der Waals surface area (Å²) in [6.07, 6.45) is 3.71. The van der Waals surface area contributed by atoms with Gasteiger partial charge >= 0.3 is 0 Å². The van der Waals surface area contributed by atoms with Crippen LogP contribution in [0, 0.1) is 0 Å². The quantitative estimate of drug-likeness (QED) is 0.919. The molecule has 0 fully saturated rings. The molecule has 2 aromatic rings. The molecule has 6 heteroatoms. The molecule has 2 atom stereocenters. The van der Waals surface area contributed by atoms with Gasteiger partial charge in [0.1, 0.15) is 18.7 Å². The summed E-state index contributed by atoms with van der Waals surface area (Å²) in [5.74, 6) is -0.0723. The van der Waals surface area contributed by atoms with E-state index in [4.69, 9.17) is 11.6 Å². The van der Waals surface area contributed by atoms with Gasteiger partial charge in [0.2, 0.25) is 5.91 Å². The van der Waals surface area contributed by atoms with Gasteiger partial charge in [-0.2, -0.15) is 5.10 Å². The molecule has 2 rings (SSSR count). The number of hydrogen-bond donors (Lipinski definition) is 1. The molecule has 0 radical (unpaired) electrons. The lowest BCUT2D eigenvalue weighted by molar-refractivity contribution is -0.124. The van der Waals surface area contributed by atoms with Gasteiger partial charge in [-0.3, -0.25) is 4.79 Å². The first-order valence-corrected chi connectivity index (χ1v) is 6.83. The van der Waals surface area contributed by atoms with Gasteiger partial charge in [0, 0.05) is 11.1 Å². The van der Waals surface area contributed by atoms with Crippen LogP contribution in [-0.4, -0.2) is 26.7 Å². The number of carbonyl (C=O) groups excluding carboxylic acids is 1. The zero-order chi connectivity index (χ0) is 14.5. The Kier molecular flexibility index (Phi) is 4.74. The van der Waals surface area contributed by atoms with Gasteiger partial charge in [0.25, 0.3) is 0 Å². The molecule has 2 unspecified atom stereocenters. The van der Waals surface area contributed by atoms with Crippen LogP contribution in [0.15, 0.2) is 36.9 Å². The number of amides is 1. The SMILES string of the molecule is CC(Cc1ccc(Cl)cc1)NC(=O)C(C)n1cncn1. The molecule has 0 aliphatic heterocycles. The number of carbonyl (C=O) groups is 1. The highest BCUT2D eigenvalue weighted by molar-refractivity contribution is 6.30. The Labute approximate surface area is 123 Å². The van der Waals surface area contributed by atoms with Crippen molar-refractivity contribution in [2.24, 2.45) is 0 Å². The van der Waals surface area contributed by atoms with Gasteiger partial charge in [0.05, 0.1) is 0 Å². The van der Waals surface area contributed by atoms with E-state index in [9.17, 15) is 4.79 Å². The second-order valence-electron chi connectivity index (χ2n) is 4.79. The lowest BCUT2D eigenvalue weighted by Crippen LogP contribution is -2.38. The van der Waals surface area contributed by atoms with Gasteiger partial charge in [-0.25, -0.2) is 9.67 Å². The molecule has 0 aliphatic carbocycles. The fourth-order valence-corrected chi connectivity index (χ4v) is 2.05. The molecule has 0 spiro atoms. The molecule has 1 amide bonds. The van der Waals surface area contributed by atoms with Crippen molar-refractivity contribution >= 4 is 17.5 Å². The highest BCUT2D eigenvalue weighted by Crippen LogP contribution is 2.11. The number of nitrogens with one attached hydrogen (secondary N) is 1. The normalized spacial score (nSPS) is 13.8. The summed E-state index contributed by atoms with van der Waals surface area (Å²) in [4.78, 5) is 15.9. The van der Waals surface area contributed by atoms with Crippen LogP contribution in [0.25, 0.3) is 0 Å². The molecule has 20 heavy (non-hydrogen) atoms. The van der Waals surface area contributed by atoms with E-state index in [-0.39, 0.29) is 18.0 Å². The van der Waals surface area contributed by atoms with Gasteiger partial charge in [0.15, 0.2) is 0 Å². The topological polar surface area (TPSA) is 59.8 Å². The fourth-order valence-electron chi connectivity index (χ4n) is 1.93. The van der Waals surface area contributed by atoms with Crippen LogP contribution >= 0.6 is 11.6 Å². The molecule has 5 nitrogen and oxygen atoms in total. The summed E-state index contributed by atoms with van der Waals surface area (Å²) in [6, 6.07) is 7.30. The van der Waals surface area contributed by atoms with Crippen molar-refractivity contribution in [3.8, 4) is 0 Å². The first-order valence-electron chi connectivity index (χ1n) is 6.45. The Hall–Kier alpha value is -1.88. The number of halogens is 1. The van der Waals surface area contributed by atoms with Crippen LogP contribution in [0.2, 0.25) is 5.02 Å². The smallest absolute Gasteiger partial charge is 0.244 e. The fraction of sp³-hybridized carbons (Fsp3) is 0.357. The molecular formula is C14H17ClN4O. The minimum absolute atomic E-state index is 0.0367. The molecular weight excluding hydrogens is 276 g/mol. The minimum atomic E-state index is -0.370. The molecule has 106 valence electrons. The lowest BCUT2D eigenvalue weighted by Gasteiger charge is -2.17. The predicted molar refractivity (Wildman–Crippen MR) is 77.5 cm³/mol. The van der Waals surface area contributed by atoms with E-state index in [1.54, 1.807) is 6.92 Å².